The van der Waals surface area contributed by atoms with Crippen LogP contribution in [-0.2, 0) is 10.2 Å². The molecule has 1 amide bonds. The zero-order valence-electron chi connectivity index (χ0n) is 9.90. The first-order chi connectivity index (χ1) is 8.05. The number of rotatable bonds is 2. The van der Waals surface area contributed by atoms with Crippen LogP contribution in [-0.4, -0.2) is 10.9 Å². The summed E-state index contributed by atoms with van der Waals surface area (Å²) in [7, 11) is 0. The summed E-state index contributed by atoms with van der Waals surface area (Å²) >= 11 is 0. The number of nitrogens with zero attached hydrogens (tertiary/aromatic N) is 1. The lowest BCUT2D eigenvalue weighted by atomic mass is 9.87. The predicted octanol–water partition coefficient (Wildman–Crippen LogP) is 1.50. The van der Waals surface area contributed by atoms with Gasteiger partial charge in [0.1, 0.15) is 0 Å². The van der Waals surface area contributed by atoms with Crippen LogP contribution in [0.2, 0.25) is 0 Å². The van der Waals surface area contributed by atoms with Crippen LogP contribution in [0.3, 0.4) is 0 Å². The van der Waals surface area contributed by atoms with Crippen molar-refractivity contribution in [1.29, 1.82) is 0 Å². The van der Waals surface area contributed by atoms with Gasteiger partial charge in [0.15, 0.2) is 0 Å². The lowest BCUT2D eigenvalue weighted by Crippen LogP contribution is -2.44. The van der Waals surface area contributed by atoms with E-state index in [1.165, 1.54) is 0 Å². The maximum atomic E-state index is 11.7. The van der Waals surface area contributed by atoms with E-state index < -0.39 is 5.41 Å². The van der Waals surface area contributed by atoms with E-state index in [1.54, 1.807) is 13.8 Å². The summed E-state index contributed by atoms with van der Waals surface area (Å²) in [5.74, 6) is 4.93. The van der Waals surface area contributed by atoms with Crippen molar-refractivity contribution in [2.24, 2.45) is 5.84 Å². The van der Waals surface area contributed by atoms with Crippen LogP contribution in [0, 0.1) is 0 Å². The number of hydrogen-bond acceptors (Lipinski definition) is 3. The average Bonchev–Trinajstić information content (AvgIpc) is 2.37. The molecule has 2 aromatic rings. The summed E-state index contributed by atoms with van der Waals surface area (Å²) in [6, 6.07) is 11.6. The molecule has 0 saturated carbocycles. The van der Waals surface area contributed by atoms with Crippen molar-refractivity contribution >= 4 is 16.8 Å². The van der Waals surface area contributed by atoms with Gasteiger partial charge in [0.05, 0.1) is 16.6 Å². The molecular weight excluding hydrogens is 214 g/mol. The Labute approximate surface area is 99.8 Å². The molecule has 1 aromatic heterocycles. The fourth-order valence-electron chi connectivity index (χ4n) is 1.71. The van der Waals surface area contributed by atoms with Gasteiger partial charge < -0.3 is 0 Å². The molecule has 0 radical (unpaired) electrons. The molecule has 0 aliphatic heterocycles. The van der Waals surface area contributed by atoms with Crippen LogP contribution in [0.1, 0.15) is 19.5 Å². The third-order valence-electron chi connectivity index (χ3n) is 2.94. The van der Waals surface area contributed by atoms with E-state index in [-0.39, 0.29) is 5.91 Å². The van der Waals surface area contributed by atoms with Crippen molar-refractivity contribution in [3.8, 4) is 0 Å². The standard InChI is InChI=1S/C13H15N3O/c1-13(2,12(17)16-14)11-8-7-9-5-3-4-6-10(9)15-11/h3-8H,14H2,1-2H3,(H,16,17). The summed E-state index contributed by atoms with van der Waals surface area (Å²) in [6.45, 7) is 3.60. The van der Waals surface area contributed by atoms with E-state index >= 15 is 0 Å². The topological polar surface area (TPSA) is 68.0 Å². The third kappa shape index (κ3) is 1.99. The Bertz CT molecular complexity index is 563. The van der Waals surface area contributed by atoms with Gasteiger partial charge in [-0.05, 0) is 26.0 Å². The molecule has 3 N–H and O–H groups in total. The normalized spacial score (nSPS) is 11.5. The molecule has 0 bridgehead atoms. The highest BCUT2D eigenvalue weighted by atomic mass is 16.2. The Kier molecular flexibility index (Phi) is 2.81. The largest absolute Gasteiger partial charge is 0.293 e. The van der Waals surface area contributed by atoms with Crippen molar-refractivity contribution in [3.63, 3.8) is 0 Å². The van der Waals surface area contributed by atoms with Crippen molar-refractivity contribution in [3.05, 3.63) is 42.1 Å². The third-order valence-corrected chi connectivity index (χ3v) is 2.94. The van der Waals surface area contributed by atoms with Gasteiger partial charge in [0.2, 0.25) is 5.91 Å². The molecule has 0 aliphatic rings. The first kappa shape index (κ1) is 11.5. The second-order valence-corrected chi connectivity index (χ2v) is 4.49. The van der Waals surface area contributed by atoms with Crippen molar-refractivity contribution in [2.75, 3.05) is 0 Å². The number of fused-ring (bicyclic) bond motifs is 1. The summed E-state index contributed by atoms with van der Waals surface area (Å²) in [4.78, 5) is 16.2. The van der Waals surface area contributed by atoms with E-state index in [2.05, 4.69) is 10.4 Å². The number of para-hydroxylation sites is 1. The molecule has 4 heteroatoms. The molecule has 0 unspecified atom stereocenters. The molecule has 0 spiro atoms. The number of hydrogen-bond donors (Lipinski definition) is 2. The second-order valence-electron chi connectivity index (χ2n) is 4.49. The highest BCUT2D eigenvalue weighted by molar-refractivity contribution is 5.87. The lowest BCUT2D eigenvalue weighted by Gasteiger charge is -2.21. The second kappa shape index (κ2) is 4.14. The molecule has 0 fully saturated rings. The van der Waals surface area contributed by atoms with Crippen LogP contribution in [0.4, 0.5) is 0 Å². The van der Waals surface area contributed by atoms with Gasteiger partial charge in [-0.15, -0.1) is 0 Å². The number of carbonyl (C=O) groups is 1. The first-order valence-electron chi connectivity index (χ1n) is 5.43. The molecule has 0 atom stereocenters. The number of hydrazine groups is 1. The van der Waals surface area contributed by atoms with Crippen molar-refractivity contribution < 1.29 is 4.79 Å². The average molecular weight is 229 g/mol. The maximum Gasteiger partial charge on any atom is 0.245 e. The Balaban J connectivity index is 2.53. The SMILES string of the molecule is CC(C)(C(=O)NN)c1ccc2ccccc2n1. The van der Waals surface area contributed by atoms with E-state index in [0.717, 1.165) is 10.9 Å². The molecule has 2 rings (SSSR count). The van der Waals surface area contributed by atoms with Gasteiger partial charge in [-0.3, -0.25) is 15.2 Å². The zero-order valence-corrected chi connectivity index (χ0v) is 9.90. The van der Waals surface area contributed by atoms with E-state index in [9.17, 15) is 4.79 Å². The van der Waals surface area contributed by atoms with E-state index in [1.807, 2.05) is 36.4 Å². The van der Waals surface area contributed by atoms with Gasteiger partial charge in [-0.25, -0.2) is 5.84 Å². The highest BCUT2D eigenvalue weighted by Crippen LogP contribution is 2.23. The fraction of sp³-hybridized carbons (Fsp3) is 0.231. The Morgan fingerprint density at radius 1 is 1.24 bits per heavy atom. The Morgan fingerprint density at radius 3 is 2.65 bits per heavy atom. The number of pyridine rings is 1. The van der Waals surface area contributed by atoms with E-state index in [0.29, 0.717) is 5.69 Å². The van der Waals surface area contributed by atoms with Gasteiger partial charge >= 0.3 is 0 Å². The zero-order chi connectivity index (χ0) is 12.5. The van der Waals surface area contributed by atoms with Crippen molar-refractivity contribution in [1.82, 2.24) is 10.4 Å². The molecular formula is C13H15N3O. The van der Waals surface area contributed by atoms with Gasteiger partial charge in [0.25, 0.3) is 0 Å². The molecule has 0 saturated heterocycles. The van der Waals surface area contributed by atoms with Gasteiger partial charge in [0, 0.05) is 5.39 Å². The molecule has 1 heterocycles. The van der Waals surface area contributed by atoms with Crippen LogP contribution >= 0.6 is 0 Å². The number of amides is 1. The minimum absolute atomic E-state index is 0.250. The smallest absolute Gasteiger partial charge is 0.245 e. The monoisotopic (exact) mass is 229 g/mol. The summed E-state index contributed by atoms with van der Waals surface area (Å²) in [6.07, 6.45) is 0. The number of carbonyl (C=O) groups excluding carboxylic acids is 1. The lowest BCUT2D eigenvalue weighted by molar-refractivity contribution is -0.125. The quantitative estimate of drug-likeness (QED) is 0.466. The van der Waals surface area contributed by atoms with Crippen LogP contribution in [0.5, 0.6) is 0 Å². The summed E-state index contributed by atoms with van der Waals surface area (Å²) in [5.41, 5.74) is 3.02. The Hall–Kier alpha value is -1.94. The van der Waals surface area contributed by atoms with Crippen molar-refractivity contribution in [2.45, 2.75) is 19.3 Å². The fourth-order valence-corrected chi connectivity index (χ4v) is 1.71. The van der Waals surface area contributed by atoms with Crippen LogP contribution in [0.25, 0.3) is 10.9 Å². The van der Waals surface area contributed by atoms with Gasteiger partial charge in [-0.1, -0.05) is 24.3 Å². The van der Waals surface area contributed by atoms with E-state index in [4.69, 9.17) is 5.84 Å². The Morgan fingerprint density at radius 2 is 1.94 bits per heavy atom. The highest BCUT2D eigenvalue weighted by Gasteiger charge is 2.30. The molecule has 17 heavy (non-hydrogen) atoms. The summed E-state index contributed by atoms with van der Waals surface area (Å²) < 4.78 is 0. The molecule has 0 aliphatic carbocycles. The number of nitrogens with one attached hydrogen (secondary N) is 1. The maximum absolute atomic E-state index is 11.7. The molecule has 88 valence electrons. The molecule has 1 aromatic carbocycles. The minimum Gasteiger partial charge on any atom is -0.293 e. The number of aromatic nitrogens is 1. The first-order valence-corrected chi connectivity index (χ1v) is 5.43. The summed E-state index contributed by atoms with van der Waals surface area (Å²) in [5, 5.41) is 1.06. The number of benzene rings is 1. The van der Waals surface area contributed by atoms with Crippen LogP contribution < -0.4 is 11.3 Å². The predicted molar refractivity (Wildman–Crippen MR) is 67.1 cm³/mol. The minimum atomic E-state index is -0.737. The number of nitrogens with two attached hydrogens (primary N) is 1. The van der Waals surface area contributed by atoms with Crippen LogP contribution in [0.15, 0.2) is 36.4 Å². The van der Waals surface area contributed by atoms with Gasteiger partial charge in [-0.2, -0.15) is 0 Å². The molecule has 4 nitrogen and oxygen atoms in total.